The summed E-state index contributed by atoms with van der Waals surface area (Å²) in [5.74, 6) is -1.25. The molecule has 0 saturated heterocycles. The maximum Gasteiger partial charge on any atom is 0.354 e. The Kier molecular flexibility index (Phi) is 3.99. The summed E-state index contributed by atoms with van der Waals surface area (Å²) in [5.41, 5.74) is 0.519. The molecule has 1 rings (SSSR count). The SMILES string of the molecule is CC(C)C(=O)NCc1cccc(C(=O)O)n1. The fourth-order valence-corrected chi connectivity index (χ4v) is 1.08. The Morgan fingerprint density at radius 1 is 1.44 bits per heavy atom. The van der Waals surface area contributed by atoms with Crippen LogP contribution in [0.25, 0.3) is 0 Å². The van der Waals surface area contributed by atoms with Crippen molar-refractivity contribution >= 4 is 11.9 Å². The molecule has 0 bridgehead atoms. The van der Waals surface area contributed by atoms with Crippen LogP contribution in [0.2, 0.25) is 0 Å². The number of carboxylic acid groups (broad SMARTS) is 1. The molecular weight excluding hydrogens is 208 g/mol. The third-order valence-corrected chi connectivity index (χ3v) is 1.99. The van der Waals surface area contributed by atoms with Crippen molar-refractivity contribution in [1.29, 1.82) is 0 Å². The van der Waals surface area contributed by atoms with Crippen molar-refractivity contribution < 1.29 is 14.7 Å². The minimum absolute atomic E-state index is 0.0173. The fraction of sp³-hybridized carbons (Fsp3) is 0.364. The van der Waals surface area contributed by atoms with Crippen LogP contribution < -0.4 is 5.32 Å². The van der Waals surface area contributed by atoms with E-state index in [1.165, 1.54) is 6.07 Å². The van der Waals surface area contributed by atoms with E-state index in [1.807, 2.05) is 0 Å². The predicted molar refractivity (Wildman–Crippen MR) is 57.9 cm³/mol. The highest BCUT2D eigenvalue weighted by molar-refractivity contribution is 5.85. The van der Waals surface area contributed by atoms with Gasteiger partial charge in [-0.2, -0.15) is 0 Å². The molecule has 5 nitrogen and oxygen atoms in total. The number of amides is 1. The molecule has 0 atom stereocenters. The molecule has 16 heavy (non-hydrogen) atoms. The zero-order valence-electron chi connectivity index (χ0n) is 9.23. The van der Waals surface area contributed by atoms with E-state index in [9.17, 15) is 9.59 Å². The van der Waals surface area contributed by atoms with Gasteiger partial charge in [0.1, 0.15) is 5.69 Å². The summed E-state index contributed by atoms with van der Waals surface area (Å²) < 4.78 is 0. The lowest BCUT2D eigenvalue weighted by Crippen LogP contribution is -2.27. The van der Waals surface area contributed by atoms with Crippen LogP contribution in [0.5, 0.6) is 0 Å². The van der Waals surface area contributed by atoms with Crippen LogP contribution in [0.3, 0.4) is 0 Å². The van der Waals surface area contributed by atoms with Gasteiger partial charge < -0.3 is 10.4 Å². The van der Waals surface area contributed by atoms with E-state index in [4.69, 9.17) is 5.11 Å². The van der Waals surface area contributed by atoms with Gasteiger partial charge in [0.2, 0.25) is 5.91 Å². The van der Waals surface area contributed by atoms with Gasteiger partial charge in [-0.3, -0.25) is 4.79 Å². The van der Waals surface area contributed by atoms with Gasteiger partial charge in [0.25, 0.3) is 0 Å². The molecular formula is C11H14N2O3. The number of rotatable bonds is 4. The molecule has 0 fully saturated rings. The molecule has 0 aliphatic rings. The third-order valence-electron chi connectivity index (χ3n) is 1.99. The molecule has 0 aliphatic carbocycles. The number of carbonyl (C=O) groups excluding carboxylic acids is 1. The molecule has 86 valence electrons. The second kappa shape index (κ2) is 5.25. The van der Waals surface area contributed by atoms with E-state index < -0.39 is 5.97 Å². The minimum atomic E-state index is -1.07. The molecule has 0 radical (unpaired) electrons. The van der Waals surface area contributed by atoms with Crippen molar-refractivity contribution in [3.63, 3.8) is 0 Å². The number of carboxylic acids is 1. The smallest absolute Gasteiger partial charge is 0.354 e. The average Bonchev–Trinajstić information content (AvgIpc) is 2.26. The first-order chi connectivity index (χ1) is 7.50. The normalized spacial score (nSPS) is 10.2. The molecule has 0 aromatic carbocycles. The lowest BCUT2D eigenvalue weighted by atomic mass is 10.2. The van der Waals surface area contributed by atoms with Gasteiger partial charge in [0.05, 0.1) is 12.2 Å². The molecule has 0 aliphatic heterocycles. The number of hydrogen-bond donors (Lipinski definition) is 2. The standard InChI is InChI=1S/C11H14N2O3/c1-7(2)10(14)12-6-8-4-3-5-9(13-8)11(15)16/h3-5,7H,6H2,1-2H3,(H,12,14)(H,15,16). The highest BCUT2D eigenvalue weighted by atomic mass is 16.4. The van der Waals surface area contributed by atoms with E-state index in [0.29, 0.717) is 5.69 Å². The van der Waals surface area contributed by atoms with Crippen LogP contribution >= 0.6 is 0 Å². The van der Waals surface area contributed by atoms with E-state index in [-0.39, 0.29) is 24.1 Å². The molecule has 2 N–H and O–H groups in total. The van der Waals surface area contributed by atoms with Crippen LogP contribution in [0.1, 0.15) is 30.0 Å². The van der Waals surface area contributed by atoms with E-state index >= 15 is 0 Å². The summed E-state index contributed by atoms with van der Waals surface area (Å²) in [4.78, 5) is 25.8. The Labute approximate surface area is 93.5 Å². The number of pyridine rings is 1. The van der Waals surface area contributed by atoms with Crippen molar-refractivity contribution in [2.45, 2.75) is 20.4 Å². The van der Waals surface area contributed by atoms with Gasteiger partial charge in [-0.1, -0.05) is 19.9 Å². The first-order valence-electron chi connectivity index (χ1n) is 4.97. The lowest BCUT2D eigenvalue weighted by Gasteiger charge is -2.07. The number of hydrogen-bond acceptors (Lipinski definition) is 3. The molecule has 0 unspecified atom stereocenters. The minimum Gasteiger partial charge on any atom is -0.477 e. The zero-order valence-corrected chi connectivity index (χ0v) is 9.23. The summed E-state index contributed by atoms with van der Waals surface area (Å²) in [6.07, 6.45) is 0. The quantitative estimate of drug-likeness (QED) is 0.798. The summed E-state index contributed by atoms with van der Waals surface area (Å²) in [6, 6.07) is 4.69. The van der Waals surface area contributed by atoms with Crippen molar-refractivity contribution in [2.75, 3.05) is 0 Å². The van der Waals surface area contributed by atoms with Crippen LogP contribution in [0.15, 0.2) is 18.2 Å². The number of aromatic nitrogens is 1. The third kappa shape index (κ3) is 3.34. The number of aromatic carboxylic acids is 1. The second-order valence-corrected chi connectivity index (χ2v) is 3.69. The van der Waals surface area contributed by atoms with Gasteiger partial charge in [0.15, 0.2) is 0 Å². The van der Waals surface area contributed by atoms with Gasteiger partial charge in [0, 0.05) is 5.92 Å². The Morgan fingerprint density at radius 2 is 2.12 bits per heavy atom. The van der Waals surface area contributed by atoms with E-state index in [2.05, 4.69) is 10.3 Å². The molecule has 1 aromatic heterocycles. The zero-order chi connectivity index (χ0) is 12.1. The van der Waals surface area contributed by atoms with Gasteiger partial charge in [-0.05, 0) is 12.1 Å². The van der Waals surface area contributed by atoms with Crippen LogP contribution in [-0.4, -0.2) is 22.0 Å². The first-order valence-corrected chi connectivity index (χ1v) is 4.97. The van der Waals surface area contributed by atoms with Crippen LogP contribution in [0, 0.1) is 5.92 Å². The highest BCUT2D eigenvalue weighted by Crippen LogP contribution is 2.00. The largest absolute Gasteiger partial charge is 0.477 e. The Bertz CT molecular complexity index is 402. The van der Waals surface area contributed by atoms with Gasteiger partial charge >= 0.3 is 5.97 Å². The molecule has 0 saturated carbocycles. The summed E-state index contributed by atoms with van der Waals surface area (Å²) in [6.45, 7) is 3.82. The molecule has 1 heterocycles. The summed E-state index contributed by atoms with van der Waals surface area (Å²) in [5, 5.41) is 11.4. The Hall–Kier alpha value is -1.91. The predicted octanol–water partition coefficient (Wildman–Crippen LogP) is 1.05. The highest BCUT2D eigenvalue weighted by Gasteiger charge is 2.08. The fourth-order valence-electron chi connectivity index (χ4n) is 1.08. The van der Waals surface area contributed by atoms with Crippen LogP contribution in [-0.2, 0) is 11.3 Å². The average molecular weight is 222 g/mol. The number of nitrogens with one attached hydrogen (secondary N) is 1. The lowest BCUT2D eigenvalue weighted by molar-refractivity contribution is -0.124. The van der Waals surface area contributed by atoms with Gasteiger partial charge in [-0.25, -0.2) is 9.78 Å². The summed E-state index contributed by atoms with van der Waals surface area (Å²) >= 11 is 0. The van der Waals surface area contributed by atoms with Crippen molar-refractivity contribution in [1.82, 2.24) is 10.3 Å². The second-order valence-electron chi connectivity index (χ2n) is 3.69. The Balaban J connectivity index is 2.64. The van der Waals surface area contributed by atoms with Crippen molar-refractivity contribution in [3.05, 3.63) is 29.6 Å². The molecule has 1 amide bonds. The summed E-state index contributed by atoms with van der Waals surface area (Å²) in [7, 11) is 0. The van der Waals surface area contributed by atoms with Crippen molar-refractivity contribution in [2.24, 2.45) is 5.92 Å². The first kappa shape index (κ1) is 12.2. The van der Waals surface area contributed by atoms with Crippen molar-refractivity contribution in [3.8, 4) is 0 Å². The topological polar surface area (TPSA) is 79.3 Å². The van der Waals surface area contributed by atoms with Crippen LogP contribution in [0.4, 0.5) is 0 Å². The molecule has 5 heteroatoms. The number of nitrogens with zero attached hydrogens (tertiary/aromatic N) is 1. The molecule has 0 spiro atoms. The molecule has 1 aromatic rings. The maximum atomic E-state index is 11.3. The van der Waals surface area contributed by atoms with E-state index in [1.54, 1.807) is 26.0 Å². The number of carbonyl (C=O) groups is 2. The maximum absolute atomic E-state index is 11.3. The monoisotopic (exact) mass is 222 g/mol. The van der Waals surface area contributed by atoms with Gasteiger partial charge in [-0.15, -0.1) is 0 Å². The van der Waals surface area contributed by atoms with E-state index in [0.717, 1.165) is 0 Å². The Morgan fingerprint density at radius 3 is 2.69 bits per heavy atom.